The number of amides is 4. The number of aliphatic imine (C=N–C) groups is 1. The smallest absolute Gasteiger partial charge is 0.291 e. The Labute approximate surface area is 374 Å². The molecule has 7 heterocycles. The van der Waals surface area contributed by atoms with Crippen molar-refractivity contribution in [2.24, 2.45) is 26.1 Å². The standard InChI is InChI=1S/C47H51N11O7/c1-27-14-32-22-48-34-20-39(38(64-8)19-33(34)46(63)57(32)23-27)65-13-9-10-41(60)52-40-26-56(7)43(53-40)45(62)51-31-18-35(55(6)25-31)37(59)16-28-15-36(54(5)24-28)44(61)50-30-17-29-11-12-58(47(2,3)4)42(29)49-21-30/h11-12,15,17-22,24-26,32H,1,9-10,13-14,16,23H2,2-8H3,(H,50,61)(H,51,62)(H,52,60)/t32-/m0/s1. The van der Waals surface area contributed by atoms with Crippen LogP contribution in [-0.2, 0) is 37.9 Å². The summed E-state index contributed by atoms with van der Waals surface area (Å²) in [6.07, 6.45) is 11.4. The minimum atomic E-state index is -0.544. The maximum absolute atomic E-state index is 13.5. The van der Waals surface area contributed by atoms with Gasteiger partial charge in [-0.1, -0.05) is 12.2 Å². The SMILES string of the molecule is C=C1C[C@H]2C=Nc3cc(OCCCC(=O)Nc4cn(C)c(C(=O)Nc5cc(C(=O)Cc6cc(C(=O)Nc7cnc8c(ccn8C(C)(C)C)c7)n(C)c6)n(C)c5)n4)c(OC)cc3C(=O)N2C1. The molecule has 1 aromatic carbocycles. The van der Waals surface area contributed by atoms with Crippen LogP contribution in [0.5, 0.6) is 11.5 Å². The van der Waals surface area contributed by atoms with Gasteiger partial charge in [0, 0.05) is 88.5 Å². The summed E-state index contributed by atoms with van der Waals surface area (Å²) in [5.74, 6) is -0.557. The molecule has 1 fully saturated rings. The molecule has 8 rings (SSSR count). The molecule has 18 heteroatoms. The summed E-state index contributed by atoms with van der Waals surface area (Å²) in [6, 6.07) is 10.3. The summed E-state index contributed by atoms with van der Waals surface area (Å²) in [5, 5.41) is 9.34. The number of methoxy groups -OCH3 is 1. The second-order valence-electron chi connectivity index (χ2n) is 17.4. The number of nitrogens with zero attached hydrogens (tertiary/aromatic N) is 8. The Hall–Kier alpha value is -7.76. The van der Waals surface area contributed by atoms with Gasteiger partial charge in [-0.3, -0.25) is 29.0 Å². The van der Waals surface area contributed by atoms with E-state index in [1.54, 1.807) is 84.2 Å². The second kappa shape index (κ2) is 17.4. The minimum Gasteiger partial charge on any atom is -0.493 e. The van der Waals surface area contributed by atoms with Crippen LogP contribution >= 0.6 is 0 Å². The predicted molar refractivity (Wildman–Crippen MR) is 246 cm³/mol. The van der Waals surface area contributed by atoms with Gasteiger partial charge in [-0.15, -0.1) is 0 Å². The van der Waals surface area contributed by atoms with E-state index in [-0.39, 0.29) is 66.2 Å². The molecular formula is C47H51N11O7. The maximum Gasteiger partial charge on any atom is 0.291 e. The Kier molecular flexibility index (Phi) is 11.8. The maximum atomic E-state index is 13.5. The molecule has 2 aliphatic heterocycles. The quantitative estimate of drug-likeness (QED) is 0.0627. The van der Waals surface area contributed by atoms with Gasteiger partial charge in [0.2, 0.25) is 11.7 Å². The number of pyridine rings is 1. The number of fused-ring (bicyclic) bond motifs is 3. The van der Waals surface area contributed by atoms with Crippen molar-refractivity contribution in [2.45, 2.75) is 58.0 Å². The summed E-state index contributed by atoms with van der Waals surface area (Å²) in [6.45, 7) is 11.0. The lowest BCUT2D eigenvalue weighted by molar-refractivity contribution is -0.116. The lowest BCUT2D eigenvalue weighted by Crippen LogP contribution is -2.35. The number of aryl methyl sites for hydroxylation is 3. The van der Waals surface area contributed by atoms with E-state index in [1.807, 2.05) is 18.3 Å². The van der Waals surface area contributed by atoms with Gasteiger partial charge in [0.25, 0.3) is 17.7 Å². The van der Waals surface area contributed by atoms with E-state index >= 15 is 0 Å². The van der Waals surface area contributed by atoms with Crippen LogP contribution in [-0.4, -0.2) is 95.1 Å². The fourth-order valence-electron chi connectivity index (χ4n) is 8.12. The third-order valence-corrected chi connectivity index (χ3v) is 11.3. The number of hydrogen-bond donors (Lipinski definition) is 3. The van der Waals surface area contributed by atoms with Crippen LogP contribution < -0.4 is 25.4 Å². The van der Waals surface area contributed by atoms with Gasteiger partial charge in [0.1, 0.15) is 11.3 Å². The van der Waals surface area contributed by atoms with Crippen molar-refractivity contribution in [3.63, 3.8) is 0 Å². The molecule has 65 heavy (non-hydrogen) atoms. The molecule has 0 aliphatic carbocycles. The summed E-state index contributed by atoms with van der Waals surface area (Å²) >= 11 is 0. The number of ketones is 1. The first-order chi connectivity index (χ1) is 30.9. The van der Waals surface area contributed by atoms with Crippen LogP contribution in [0, 0.1) is 0 Å². The monoisotopic (exact) mass is 881 g/mol. The average Bonchev–Trinajstić information content (AvgIpc) is 4.08. The van der Waals surface area contributed by atoms with Gasteiger partial charge in [-0.05, 0) is 69.5 Å². The molecule has 2 aliphatic rings. The molecule has 0 unspecified atom stereocenters. The third-order valence-electron chi connectivity index (χ3n) is 11.3. The number of benzene rings is 1. The van der Waals surface area contributed by atoms with E-state index < -0.39 is 5.91 Å². The Morgan fingerprint density at radius 2 is 1.66 bits per heavy atom. The van der Waals surface area contributed by atoms with Gasteiger partial charge in [0.15, 0.2) is 23.1 Å². The van der Waals surface area contributed by atoms with Crippen LogP contribution in [0.4, 0.5) is 22.9 Å². The zero-order valence-electron chi connectivity index (χ0n) is 37.4. The van der Waals surface area contributed by atoms with E-state index in [2.05, 4.69) is 62.8 Å². The Morgan fingerprint density at radius 3 is 2.43 bits per heavy atom. The number of Topliss-reactive ketones (excluding diaryl/α,β-unsaturated/α-hetero) is 1. The van der Waals surface area contributed by atoms with Crippen molar-refractivity contribution in [1.82, 2.24) is 33.1 Å². The van der Waals surface area contributed by atoms with Crippen LogP contribution in [0.15, 0.2) is 84.5 Å². The van der Waals surface area contributed by atoms with E-state index in [4.69, 9.17) is 9.47 Å². The summed E-state index contributed by atoms with van der Waals surface area (Å²) < 4.78 is 18.4. The summed E-state index contributed by atoms with van der Waals surface area (Å²) in [5.41, 5.74) is 4.87. The van der Waals surface area contributed by atoms with Crippen molar-refractivity contribution in [2.75, 3.05) is 36.2 Å². The molecule has 6 aromatic rings. The number of aromatic nitrogens is 6. The van der Waals surface area contributed by atoms with E-state index in [0.29, 0.717) is 70.5 Å². The fourth-order valence-corrected chi connectivity index (χ4v) is 8.12. The fraction of sp³-hybridized carbons (Fsp3) is 0.319. The van der Waals surface area contributed by atoms with E-state index in [9.17, 15) is 24.0 Å². The molecule has 0 saturated carbocycles. The first kappa shape index (κ1) is 43.9. The molecule has 1 atom stereocenters. The lowest BCUT2D eigenvalue weighted by atomic mass is 10.1. The molecule has 0 radical (unpaired) electrons. The molecule has 3 N–H and O–H groups in total. The molecule has 5 aromatic heterocycles. The molecule has 18 nitrogen and oxygen atoms in total. The van der Waals surface area contributed by atoms with Gasteiger partial charge in [-0.2, -0.15) is 0 Å². The molecule has 0 bridgehead atoms. The zero-order valence-corrected chi connectivity index (χ0v) is 37.4. The van der Waals surface area contributed by atoms with Crippen LogP contribution in [0.2, 0.25) is 0 Å². The molecule has 0 spiro atoms. The van der Waals surface area contributed by atoms with Crippen LogP contribution in [0.3, 0.4) is 0 Å². The Morgan fingerprint density at radius 1 is 0.892 bits per heavy atom. The van der Waals surface area contributed by atoms with Crippen LogP contribution in [0.25, 0.3) is 11.0 Å². The number of carbonyl (C=O) groups is 5. The first-order valence-electron chi connectivity index (χ1n) is 21.1. The highest BCUT2D eigenvalue weighted by atomic mass is 16.5. The minimum absolute atomic E-state index is 0.0186. The summed E-state index contributed by atoms with van der Waals surface area (Å²) in [7, 11) is 6.57. The average molecular weight is 882 g/mol. The Balaban J connectivity index is 0.822. The van der Waals surface area contributed by atoms with Crippen LogP contribution in [0.1, 0.15) is 87.6 Å². The number of imidazole rings is 1. The molecule has 1 saturated heterocycles. The van der Waals surface area contributed by atoms with Gasteiger partial charge < -0.3 is 48.6 Å². The number of hydrogen-bond acceptors (Lipinski definition) is 10. The summed E-state index contributed by atoms with van der Waals surface area (Å²) in [4.78, 5) is 81.5. The highest BCUT2D eigenvalue weighted by molar-refractivity contribution is 6.06. The second-order valence-corrected chi connectivity index (χ2v) is 17.4. The van der Waals surface area contributed by atoms with Crippen molar-refractivity contribution < 1.29 is 33.4 Å². The number of anilines is 3. The number of ether oxygens (including phenoxy) is 2. The zero-order chi connectivity index (χ0) is 46.3. The van der Waals surface area contributed by atoms with E-state index in [0.717, 1.165) is 16.6 Å². The first-order valence-corrected chi connectivity index (χ1v) is 21.1. The van der Waals surface area contributed by atoms with Gasteiger partial charge >= 0.3 is 0 Å². The number of carbonyl (C=O) groups excluding carboxylic acids is 5. The van der Waals surface area contributed by atoms with E-state index in [1.165, 1.54) is 17.9 Å². The molecule has 336 valence electrons. The normalized spacial score (nSPS) is 14.6. The van der Waals surface area contributed by atoms with Gasteiger partial charge in [-0.25, -0.2) is 9.97 Å². The number of nitrogens with one attached hydrogen (secondary N) is 3. The highest BCUT2D eigenvalue weighted by Crippen LogP contribution is 2.38. The highest BCUT2D eigenvalue weighted by Gasteiger charge is 2.34. The molecular weight excluding hydrogens is 831 g/mol. The van der Waals surface area contributed by atoms with Crippen molar-refractivity contribution in [3.8, 4) is 11.5 Å². The lowest BCUT2D eigenvalue weighted by Gasteiger charge is -2.21. The number of rotatable bonds is 14. The molecule has 4 amide bonds. The van der Waals surface area contributed by atoms with Crippen molar-refractivity contribution in [1.29, 1.82) is 0 Å². The van der Waals surface area contributed by atoms with Crippen molar-refractivity contribution in [3.05, 3.63) is 108 Å². The predicted octanol–water partition coefficient (Wildman–Crippen LogP) is 6.42. The largest absolute Gasteiger partial charge is 0.493 e. The van der Waals surface area contributed by atoms with Crippen molar-refractivity contribution >= 4 is 69.5 Å². The van der Waals surface area contributed by atoms with Gasteiger partial charge in [0.05, 0.1) is 54.3 Å². The Bertz CT molecular complexity index is 2940. The topological polar surface area (TPSA) is 201 Å². The third kappa shape index (κ3) is 9.18.